The quantitative estimate of drug-likeness (QED) is 0.800. The van der Waals surface area contributed by atoms with Gasteiger partial charge in [0.2, 0.25) is 5.91 Å². The van der Waals surface area contributed by atoms with Crippen molar-refractivity contribution in [1.82, 2.24) is 4.90 Å². The Hall–Kier alpha value is -2.16. The molecular weight excluding hydrogens is 250 g/mol. The van der Waals surface area contributed by atoms with Gasteiger partial charge in [-0.25, -0.2) is 0 Å². The fourth-order valence-corrected chi connectivity index (χ4v) is 2.22. The largest absolute Gasteiger partial charge is 0.341 e. The lowest BCUT2D eigenvalue weighted by atomic mass is 10.0. The van der Waals surface area contributed by atoms with Gasteiger partial charge in [0.1, 0.15) is 5.78 Å². The number of rotatable bonds is 4. The highest BCUT2D eigenvalue weighted by molar-refractivity contribution is 5.96. The lowest BCUT2D eigenvalue weighted by molar-refractivity contribution is -0.134. The van der Waals surface area contributed by atoms with Gasteiger partial charge < -0.3 is 4.90 Å². The number of benzene rings is 2. The summed E-state index contributed by atoms with van der Waals surface area (Å²) in [4.78, 5) is 24.3. The Morgan fingerprint density at radius 1 is 1.05 bits per heavy atom. The van der Waals surface area contributed by atoms with Gasteiger partial charge in [-0.3, -0.25) is 9.59 Å². The first kappa shape index (κ1) is 14.3. The summed E-state index contributed by atoms with van der Waals surface area (Å²) in [5.74, 6) is -0.239. The Balaban J connectivity index is 2.15. The van der Waals surface area contributed by atoms with Crippen molar-refractivity contribution in [3.63, 3.8) is 0 Å². The van der Waals surface area contributed by atoms with Gasteiger partial charge in [0, 0.05) is 13.6 Å². The molecule has 2 aromatic rings. The predicted molar refractivity (Wildman–Crippen MR) is 80.5 cm³/mol. The SMILES string of the molecule is CC(=O)CC(=O)N(C)Cc1ccc2cc(C)ccc2c1. The van der Waals surface area contributed by atoms with Gasteiger partial charge in [-0.05, 0) is 36.2 Å². The smallest absolute Gasteiger partial charge is 0.230 e. The van der Waals surface area contributed by atoms with Crippen LogP contribution in [0.2, 0.25) is 0 Å². The maximum Gasteiger partial charge on any atom is 0.230 e. The number of amides is 1. The van der Waals surface area contributed by atoms with Gasteiger partial charge in [0.25, 0.3) is 0 Å². The van der Waals surface area contributed by atoms with Gasteiger partial charge >= 0.3 is 0 Å². The van der Waals surface area contributed by atoms with E-state index in [4.69, 9.17) is 0 Å². The van der Waals surface area contributed by atoms with Crippen molar-refractivity contribution in [2.45, 2.75) is 26.8 Å². The second-order valence-corrected chi connectivity index (χ2v) is 5.31. The Morgan fingerprint density at radius 3 is 2.40 bits per heavy atom. The molecule has 0 bridgehead atoms. The minimum Gasteiger partial charge on any atom is -0.341 e. The van der Waals surface area contributed by atoms with Crippen molar-refractivity contribution in [2.24, 2.45) is 0 Å². The van der Waals surface area contributed by atoms with E-state index < -0.39 is 0 Å². The summed E-state index contributed by atoms with van der Waals surface area (Å²) in [7, 11) is 1.73. The van der Waals surface area contributed by atoms with E-state index in [1.54, 1.807) is 11.9 Å². The molecule has 0 N–H and O–H groups in total. The van der Waals surface area contributed by atoms with Gasteiger partial charge in [-0.1, -0.05) is 35.9 Å². The molecule has 3 nitrogen and oxygen atoms in total. The van der Waals surface area contributed by atoms with Gasteiger partial charge in [-0.15, -0.1) is 0 Å². The third kappa shape index (κ3) is 3.44. The van der Waals surface area contributed by atoms with Crippen molar-refractivity contribution in [1.29, 1.82) is 0 Å². The van der Waals surface area contributed by atoms with Crippen LogP contribution in [0.4, 0.5) is 0 Å². The van der Waals surface area contributed by atoms with Crippen LogP contribution in [-0.4, -0.2) is 23.6 Å². The third-order valence-electron chi connectivity index (χ3n) is 3.31. The molecule has 0 saturated heterocycles. The zero-order valence-corrected chi connectivity index (χ0v) is 12.1. The summed E-state index contributed by atoms with van der Waals surface area (Å²) in [6.45, 7) is 4.03. The second-order valence-electron chi connectivity index (χ2n) is 5.31. The molecule has 0 heterocycles. The van der Waals surface area contributed by atoms with Crippen LogP contribution < -0.4 is 0 Å². The number of hydrogen-bond donors (Lipinski definition) is 0. The van der Waals surface area contributed by atoms with E-state index in [-0.39, 0.29) is 18.1 Å². The van der Waals surface area contributed by atoms with E-state index in [1.165, 1.54) is 23.3 Å². The highest BCUT2D eigenvalue weighted by Crippen LogP contribution is 2.18. The molecule has 1 amide bonds. The summed E-state index contributed by atoms with van der Waals surface area (Å²) in [6, 6.07) is 12.5. The number of Topliss-reactive ketones (excluding diaryl/α,β-unsaturated/α-hetero) is 1. The minimum absolute atomic E-state index is 0.0245. The van der Waals surface area contributed by atoms with E-state index in [1.807, 2.05) is 6.07 Å². The lowest BCUT2D eigenvalue weighted by Crippen LogP contribution is -2.27. The van der Waals surface area contributed by atoms with Crippen LogP contribution in [0.15, 0.2) is 36.4 Å². The molecule has 0 aliphatic carbocycles. The molecule has 2 rings (SSSR count). The van der Waals surface area contributed by atoms with Crippen LogP contribution in [0.1, 0.15) is 24.5 Å². The average Bonchev–Trinajstić information content (AvgIpc) is 2.38. The fourth-order valence-electron chi connectivity index (χ4n) is 2.22. The number of ketones is 1. The summed E-state index contributed by atoms with van der Waals surface area (Å²) >= 11 is 0. The molecule has 0 aliphatic heterocycles. The van der Waals surface area contributed by atoms with E-state index in [0.29, 0.717) is 6.54 Å². The van der Waals surface area contributed by atoms with E-state index >= 15 is 0 Å². The number of hydrogen-bond acceptors (Lipinski definition) is 2. The molecule has 2 aromatic carbocycles. The summed E-state index contributed by atoms with van der Waals surface area (Å²) in [6.07, 6.45) is -0.0245. The van der Waals surface area contributed by atoms with Gasteiger partial charge in [0.15, 0.2) is 0 Å². The molecule has 0 saturated carbocycles. The lowest BCUT2D eigenvalue weighted by Gasteiger charge is -2.17. The van der Waals surface area contributed by atoms with Crippen molar-refractivity contribution in [3.8, 4) is 0 Å². The molecule has 0 aromatic heterocycles. The van der Waals surface area contributed by atoms with Crippen molar-refractivity contribution in [2.75, 3.05) is 7.05 Å². The monoisotopic (exact) mass is 269 g/mol. The zero-order valence-electron chi connectivity index (χ0n) is 12.1. The van der Waals surface area contributed by atoms with E-state index in [0.717, 1.165) is 5.56 Å². The number of carbonyl (C=O) groups is 2. The summed E-state index contributed by atoms with van der Waals surface area (Å²) in [5, 5.41) is 2.37. The Kier molecular flexibility index (Phi) is 4.18. The topological polar surface area (TPSA) is 37.4 Å². The van der Waals surface area contributed by atoms with Crippen molar-refractivity contribution >= 4 is 22.5 Å². The number of aryl methyl sites for hydroxylation is 1. The fraction of sp³-hybridized carbons (Fsp3) is 0.294. The average molecular weight is 269 g/mol. The molecule has 0 aliphatic rings. The summed E-state index contributed by atoms with van der Waals surface area (Å²) in [5.41, 5.74) is 2.31. The van der Waals surface area contributed by atoms with E-state index in [2.05, 4.69) is 37.3 Å². The molecule has 0 spiro atoms. The highest BCUT2D eigenvalue weighted by Gasteiger charge is 2.11. The van der Waals surface area contributed by atoms with Crippen molar-refractivity contribution in [3.05, 3.63) is 47.5 Å². The molecule has 20 heavy (non-hydrogen) atoms. The first-order chi connectivity index (χ1) is 9.45. The summed E-state index contributed by atoms with van der Waals surface area (Å²) < 4.78 is 0. The van der Waals surface area contributed by atoms with Crippen molar-refractivity contribution < 1.29 is 9.59 Å². The maximum absolute atomic E-state index is 11.8. The number of nitrogens with zero attached hydrogens (tertiary/aromatic N) is 1. The number of fused-ring (bicyclic) bond motifs is 1. The van der Waals surface area contributed by atoms with Crippen LogP contribution >= 0.6 is 0 Å². The first-order valence-electron chi connectivity index (χ1n) is 6.68. The van der Waals surface area contributed by atoms with Crippen LogP contribution in [0, 0.1) is 6.92 Å². The first-order valence-corrected chi connectivity index (χ1v) is 6.68. The Labute approximate surface area is 119 Å². The Morgan fingerprint density at radius 2 is 1.70 bits per heavy atom. The predicted octanol–water partition coefficient (Wildman–Crippen LogP) is 3.09. The van der Waals surface area contributed by atoms with Gasteiger partial charge in [0.05, 0.1) is 6.42 Å². The third-order valence-corrected chi connectivity index (χ3v) is 3.31. The van der Waals surface area contributed by atoms with Crippen LogP contribution in [-0.2, 0) is 16.1 Å². The van der Waals surface area contributed by atoms with Gasteiger partial charge in [-0.2, -0.15) is 0 Å². The minimum atomic E-state index is -0.137. The van der Waals surface area contributed by atoms with Crippen LogP contribution in [0.5, 0.6) is 0 Å². The van der Waals surface area contributed by atoms with Crippen LogP contribution in [0.3, 0.4) is 0 Å². The molecule has 0 unspecified atom stereocenters. The molecular formula is C17H19NO2. The number of carbonyl (C=O) groups excluding carboxylic acids is 2. The Bertz CT molecular complexity index is 661. The molecule has 0 atom stereocenters. The molecule has 3 heteroatoms. The highest BCUT2D eigenvalue weighted by atomic mass is 16.2. The molecule has 0 fully saturated rings. The standard InChI is InChI=1S/C17H19NO2/c1-12-4-6-16-10-14(5-7-15(16)8-12)11-18(3)17(20)9-13(2)19/h4-8,10H,9,11H2,1-3H3. The normalized spacial score (nSPS) is 10.6. The second kappa shape index (κ2) is 5.87. The molecule has 0 radical (unpaired) electrons. The maximum atomic E-state index is 11.8. The van der Waals surface area contributed by atoms with Crippen LogP contribution in [0.25, 0.3) is 10.8 Å². The zero-order chi connectivity index (χ0) is 14.7. The van der Waals surface area contributed by atoms with E-state index in [9.17, 15) is 9.59 Å². The molecule has 104 valence electrons.